The van der Waals surface area contributed by atoms with E-state index in [0.717, 1.165) is 25.7 Å². The van der Waals surface area contributed by atoms with Gasteiger partial charge in [0.25, 0.3) is 0 Å². The molecule has 2 aliphatic rings. The lowest BCUT2D eigenvalue weighted by Gasteiger charge is -2.43. The van der Waals surface area contributed by atoms with Crippen LogP contribution in [0.1, 0.15) is 32.1 Å². The topological polar surface area (TPSA) is 73.6 Å². The van der Waals surface area contributed by atoms with Gasteiger partial charge in [0.05, 0.1) is 19.9 Å². The van der Waals surface area contributed by atoms with Crippen molar-refractivity contribution in [2.75, 3.05) is 19.5 Å². The van der Waals surface area contributed by atoms with E-state index in [1.807, 2.05) is 0 Å². The first-order valence-corrected chi connectivity index (χ1v) is 8.51. The lowest BCUT2D eigenvalue weighted by molar-refractivity contribution is -0.122. The number of hydrogen-bond donors (Lipinski definition) is 2. The number of halogens is 1. The zero-order valence-electron chi connectivity index (χ0n) is 14.2. The Bertz CT molecular complexity index is 609. The van der Waals surface area contributed by atoms with E-state index in [2.05, 4.69) is 5.32 Å². The number of anilines is 1. The van der Waals surface area contributed by atoms with Crippen molar-refractivity contribution in [3.05, 3.63) is 17.9 Å². The molecule has 2 aliphatic carbocycles. The minimum absolute atomic E-state index is 0.0741. The molecule has 0 saturated heterocycles. The fraction of sp³-hybridized carbons (Fsp3) is 0.611. The average Bonchev–Trinajstić information content (AvgIpc) is 2.54. The van der Waals surface area contributed by atoms with Crippen molar-refractivity contribution in [3.8, 4) is 11.5 Å². The van der Waals surface area contributed by atoms with Gasteiger partial charge in [0.15, 0.2) is 11.6 Å². The number of fused-ring (bicyclic) bond motifs is 2. The smallest absolute Gasteiger partial charge is 0.227 e. The summed E-state index contributed by atoms with van der Waals surface area (Å²) in [4.78, 5) is 12.7. The number of nitrogens with two attached hydrogens (primary N) is 1. The predicted octanol–water partition coefficient (Wildman–Crippen LogP) is 2.94. The van der Waals surface area contributed by atoms with Crippen molar-refractivity contribution < 1.29 is 18.7 Å². The Hall–Kier alpha value is -1.82. The van der Waals surface area contributed by atoms with Crippen LogP contribution in [0.4, 0.5) is 10.1 Å². The van der Waals surface area contributed by atoms with E-state index in [-0.39, 0.29) is 23.6 Å². The molecular formula is C18H25FN2O3. The molecule has 2 saturated carbocycles. The summed E-state index contributed by atoms with van der Waals surface area (Å²) in [7, 11) is 2.87. The Labute approximate surface area is 141 Å². The van der Waals surface area contributed by atoms with Crippen molar-refractivity contribution >= 4 is 11.6 Å². The molecule has 132 valence electrons. The molecule has 0 aliphatic heterocycles. The SMILES string of the molecule is COc1cc(OC)c(NC(=O)C2CC3CCCC(C2)C3N)cc1F. The third kappa shape index (κ3) is 3.20. The molecule has 2 atom stereocenters. The highest BCUT2D eigenvalue weighted by atomic mass is 19.1. The first-order chi connectivity index (χ1) is 11.5. The summed E-state index contributed by atoms with van der Waals surface area (Å²) in [5, 5.41) is 2.83. The molecular weight excluding hydrogens is 311 g/mol. The summed E-state index contributed by atoms with van der Waals surface area (Å²) in [6.07, 6.45) is 5.02. The van der Waals surface area contributed by atoms with Gasteiger partial charge in [-0.15, -0.1) is 0 Å². The normalized spacial score (nSPS) is 29.0. The Balaban J connectivity index is 1.74. The van der Waals surface area contributed by atoms with Crippen LogP contribution in [0.3, 0.4) is 0 Å². The fourth-order valence-corrected chi connectivity index (χ4v) is 4.20. The maximum absolute atomic E-state index is 14.0. The van der Waals surface area contributed by atoms with Gasteiger partial charge in [-0.05, 0) is 37.5 Å². The van der Waals surface area contributed by atoms with Crippen LogP contribution in [0.5, 0.6) is 11.5 Å². The summed E-state index contributed by atoms with van der Waals surface area (Å²) in [6, 6.07) is 2.90. The molecule has 1 aromatic carbocycles. The van der Waals surface area contributed by atoms with E-state index >= 15 is 0 Å². The number of carbonyl (C=O) groups is 1. The maximum Gasteiger partial charge on any atom is 0.227 e. The minimum Gasteiger partial charge on any atom is -0.494 e. The van der Waals surface area contributed by atoms with E-state index in [1.165, 1.54) is 32.8 Å². The van der Waals surface area contributed by atoms with Gasteiger partial charge in [-0.25, -0.2) is 4.39 Å². The summed E-state index contributed by atoms with van der Waals surface area (Å²) in [5.41, 5.74) is 6.62. The molecule has 1 amide bonds. The third-order valence-electron chi connectivity index (χ3n) is 5.52. The third-order valence-corrected chi connectivity index (χ3v) is 5.52. The average molecular weight is 336 g/mol. The van der Waals surface area contributed by atoms with Crippen LogP contribution < -0.4 is 20.5 Å². The first-order valence-electron chi connectivity index (χ1n) is 8.51. The molecule has 0 aromatic heterocycles. The number of methoxy groups -OCH3 is 2. The molecule has 3 rings (SSSR count). The van der Waals surface area contributed by atoms with Gasteiger partial charge >= 0.3 is 0 Å². The van der Waals surface area contributed by atoms with E-state index in [9.17, 15) is 9.18 Å². The lowest BCUT2D eigenvalue weighted by Crippen LogP contribution is -2.48. The number of benzene rings is 1. The molecule has 0 heterocycles. The van der Waals surface area contributed by atoms with Crippen molar-refractivity contribution in [2.45, 2.75) is 38.1 Å². The van der Waals surface area contributed by atoms with Gasteiger partial charge in [0.2, 0.25) is 5.91 Å². The van der Waals surface area contributed by atoms with Crippen LogP contribution in [0.2, 0.25) is 0 Å². The Morgan fingerprint density at radius 2 is 1.79 bits per heavy atom. The Morgan fingerprint density at radius 3 is 2.38 bits per heavy atom. The highest BCUT2D eigenvalue weighted by molar-refractivity contribution is 5.94. The second kappa shape index (κ2) is 6.97. The van der Waals surface area contributed by atoms with E-state index in [4.69, 9.17) is 15.2 Å². The number of nitrogens with one attached hydrogen (secondary N) is 1. The Morgan fingerprint density at radius 1 is 1.17 bits per heavy atom. The van der Waals surface area contributed by atoms with Crippen LogP contribution in [0.15, 0.2) is 12.1 Å². The molecule has 2 unspecified atom stereocenters. The van der Waals surface area contributed by atoms with Gasteiger partial charge in [-0.1, -0.05) is 6.42 Å². The first kappa shape index (κ1) is 17.0. The van der Waals surface area contributed by atoms with Gasteiger partial charge in [-0.2, -0.15) is 0 Å². The van der Waals surface area contributed by atoms with E-state index < -0.39 is 5.82 Å². The molecule has 0 spiro atoms. The molecule has 6 heteroatoms. The molecule has 2 fully saturated rings. The van der Waals surface area contributed by atoms with Crippen LogP contribution in [-0.2, 0) is 4.79 Å². The summed E-state index contributed by atoms with van der Waals surface area (Å²) in [6.45, 7) is 0. The lowest BCUT2D eigenvalue weighted by atomic mass is 9.65. The molecule has 2 bridgehead atoms. The van der Waals surface area contributed by atoms with E-state index in [1.54, 1.807) is 0 Å². The highest BCUT2D eigenvalue weighted by Crippen LogP contribution is 2.42. The molecule has 0 radical (unpaired) electrons. The van der Waals surface area contributed by atoms with Crippen LogP contribution in [0.25, 0.3) is 0 Å². The van der Waals surface area contributed by atoms with Crippen molar-refractivity contribution in [1.29, 1.82) is 0 Å². The quantitative estimate of drug-likeness (QED) is 0.886. The second-order valence-corrected chi connectivity index (χ2v) is 6.87. The summed E-state index contributed by atoms with van der Waals surface area (Å²) in [5.74, 6) is 0.621. The summed E-state index contributed by atoms with van der Waals surface area (Å²) < 4.78 is 24.1. The van der Waals surface area contributed by atoms with E-state index in [0.29, 0.717) is 23.3 Å². The fourth-order valence-electron chi connectivity index (χ4n) is 4.20. The highest BCUT2D eigenvalue weighted by Gasteiger charge is 2.40. The molecule has 24 heavy (non-hydrogen) atoms. The molecule has 1 aromatic rings. The minimum atomic E-state index is -0.531. The van der Waals surface area contributed by atoms with Crippen molar-refractivity contribution in [1.82, 2.24) is 0 Å². The number of hydrogen-bond acceptors (Lipinski definition) is 4. The molecule has 5 nitrogen and oxygen atoms in total. The van der Waals surface area contributed by atoms with Gasteiger partial charge in [0.1, 0.15) is 5.75 Å². The van der Waals surface area contributed by atoms with Gasteiger partial charge in [-0.3, -0.25) is 4.79 Å². The summed E-state index contributed by atoms with van der Waals surface area (Å²) >= 11 is 0. The van der Waals surface area contributed by atoms with Crippen LogP contribution in [0, 0.1) is 23.6 Å². The number of amides is 1. The Kier molecular flexibility index (Phi) is 4.94. The number of rotatable bonds is 4. The van der Waals surface area contributed by atoms with Crippen LogP contribution in [-0.4, -0.2) is 26.2 Å². The van der Waals surface area contributed by atoms with Crippen molar-refractivity contribution in [3.63, 3.8) is 0 Å². The standard InChI is InChI=1S/C18H25FN2O3/c1-23-15-9-16(24-2)14(8-13(15)19)21-18(22)12-6-10-4-3-5-11(7-12)17(10)20/h8-12,17H,3-7,20H2,1-2H3,(H,21,22). The zero-order valence-corrected chi connectivity index (χ0v) is 14.2. The molecule has 3 N–H and O–H groups in total. The number of ether oxygens (including phenoxy) is 2. The monoisotopic (exact) mass is 336 g/mol. The zero-order chi connectivity index (χ0) is 17.3. The number of carbonyl (C=O) groups excluding carboxylic acids is 1. The van der Waals surface area contributed by atoms with Crippen LogP contribution >= 0.6 is 0 Å². The maximum atomic E-state index is 14.0. The second-order valence-electron chi connectivity index (χ2n) is 6.87. The van der Waals surface area contributed by atoms with Gasteiger partial charge < -0.3 is 20.5 Å². The largest absolute Gasteiger partial charge is 0.494 e. The van der Waals surface area contributed by atoms with Crippen molar-refractivity contribution in [2.24, 2.45) is 23.5 Å². The predicted molar refractivity (Wildman–Crippen MR) is 89.7 cm³/mol. The van der Waals surface area contributed by atoms with Gasteiger partial charge in [0, 0.05) is 24.1 Å².